The first-order valence-corrected chi connectivity index (χ1v) is 6.88. The van der Waals surface area contributed by atoms with E-state index < -0.39 is 0 Å². The molecule has 0 saturated carbocycles. The summed E-state index contributed by atoms with van der Waals surface area (Å²) in [6.07, 6.45) is 2.00. The monoisotopic (exact) mass is 273 g/mol. The number of amides is 1. The van der Waals surface area contributed by atoms with Crippen LogP contribution in [0.2, 0.25) is 5.02 Å². The van der Waals surface area contributed by atoms with Gasteiger partial charge in [0.25, 0.3) is 5.91 Å². The van der Waals surface area contributed by atoms with Crippen molar-refractivity contribution in [2.75, 3.05) is 31.0 Å². The molecule has 0 atom stereocenters. The van der Waals surface area contributed by atoms with Gasteiger partial charge in [-0.25, -0.2) is 0 Å². The average molecular weight is 274 g/mol. The molecule has 0 aliphatic carbocycles. The number of hydrogen-bond acceptors (Lipinski definition) is 4. The van der Waals surface area contributed by atoms with Crippen molar-refractivity contribution >= 4 is 35.0 Å². The van der Waals surface area contributed by atoms with E-state index in [4.69, 9.17) is 17.4 Å². The van der Waals surface area contributed by atoms with Gasteiger partial charge in [0.1, 0.15) is 0 Å². The van der Waals surface area contributed by atoms with E-state index in [2.05, 4.69) is 5.43 Å². The van der Waals surface area contributed by atoms with Crippen LogP contribution in [0.3, 0.4) is 0 Å². The summed E-state index contributed by atoms with van der Waals surface area (Å²) in [5.41, 5.74) is 3.57. The topological polar surface area (TPSA) is 58.4 Å². The van der Waals surface area contributed by atoms with Crippen LogP contribution in [0.4, 0.5) is 5.69 Å². The second-order valence-corrected chi connectivity index (χ2v) is 4.98. The maximum Gasteiger partial charge on any atom is 0.255 e. The zero-order valence-corrected chi connectivity index (χ0v) is 11.4. The minimum atomic E-state index is -0.0884. The molecule has 1 amide bonds. The largest absolute Gasteiger partial charge is 0.341 e. The number of anilines is 1. The molecule has 1 aromatic carbocycles. The molecule has 17 heavy (non-hydrogen) atoms. The van der Waals surface area contributed by atoms with Crippen molar-refractivity contribution in [1.29, 1.82) is 0 Å². The fourth-order valence-electron chi connectivity index (χ4n) is 1.35. The van der Waals surface area contributed by atoms with Crippen molar-refractivity contribution in [3.8, 4) is 0 Å². The summed E-state index contributed by atoms with van der Waals surface area (Å²) in [5.74, 6) is 6.18. The van der Waals surface area contributed by atoms with Gasteiger partial charge in [-0.1, -0.05) is 11.6 Å². The van der Waals surface area contributed by atoms with Crippen molar-refractivity contribution in [3.05, 3.63) is 28.8 Å². The Hall–Kier alpha value is -0.910. The van der Waals surface area contributed by atoms with Crippen LogP contribution in [-0.2, 0) is 0 Å². The lowest BCUT2D eigenvalue weighted by molar-refractivity contribution is 0.0804. The van der Waals surface area contributed by atoms with Gasteiger partial charge in [-0.05, 0) is 24.5 Å². The number of carbonyl (C=O) groups excluding carboxylic acids is 1. The number of hydrogen-bond donors (Lipinski definition) is 2. The van der Waals surface area contributed by atoms with E-state index in [0.717, 1.165) is 5.75 Å². The summed E-state index contributed by atoms with van der Waals surface area (Å²) in [5, 5.41) is 0.519. The number of nitrogens with zero attached hydrogens (tertiary/aromatic N) is 1. The van der Waals surface area contributed by atoms with Gasteiger partial charge < -0.3 is 10.3 Å². The van der Waals surface area contributed by atoms with Gasteiger partial charge in [0.05, 0.1) is 11.3 Å². The van der Waals surface area contributed by atoms with Crippen LogP contribution in [0, 0.1) is 0 Å². The van der Waals surface area contributed by atoms with Crippen molar-refractivity contribution in [2.24, 2.45) is 5.84 Å². The van der Waals surface area contributed by atoms with Crippen LogP contribution in [0.1, 0.15) is 10.4 Å². The van der Waals surface area contributed by atoms with Gasteiger partial charge in [-0.2, -0.15) is 11.8 Å². The van der Waals surface area contributed by atoms with Crippen molar-refractivity contribution < 1.29 is 4.79 Å². The standard InChI is InChI=1S/C11H16ClN3OS/c1-15(5-6-17-2)11(16)9-7-8(12)3-4-10(9)14-13/h3-4,7,14H,5-6,13H2,1-2H3. The summed E-state index contributed by atoms with van der Waals surface area (Å²) in [6, 6.07) is 5.00. The molecule has 0 heterocycles. The molecule has 0 aliphatic rings. The van der Waals surface area contributed by atoms with Crippen LogP contribution in [0.25, 0.3) is 0 Å². The molecule has 6 heteroatoms. The Labute approximate surface area is 110 Å². The average Bonchev–Trinajstić information content (AvgIpc) is 2.34. The normalized spacial score (nSPS) is 10.1. The summed E-state index contributed by atoms with van der Waals surface area (Å²) in [6.45, 7) is 0.691. The predicted molar refractivity (Wildman–Crippen MR) is 74.6 cm³/mol. The third-order valence-electron chi connectivity index (χ3n) is 2.35. The van der Waals surface area contributed by atoms with E-state index in [9.17, 15) is 4.79 Å². The highest BCUT2D eigenvalue weighted by molar-refractivity contribution is 7.98. The first-order chi connectivity index (χ1) is 8.10. The summed E-state index contributed by atoms with van der Waals surface area (Å²) in [4.78, 5) is 13.8. The molecule has 0 spiro atoms. The summed E-state index contributed by atoms with van der Waals surface area (Å²) in [7, 11) is 1.76. The molecule has 0 fully saturated rings. The minimum absolute atomic E-state index is 0.0884. The number of nitrogens with one attached hydrogen (secondary N) is 1. The van der Waals surface area contributed by atoms with Crippen LogP contribution >= 0.6 is 23.4 Å². The van der Waals surface area contributed by atoms with Crippen molar-refractivity contribution in [1.82, 2.24) is 4.90 Å². The van der Waals surface area contributed by atoms with Crippen LogP contribution < -0.4 is 11.3 Å². The lowest BCUT2D eigenvalue weighted by atomic mass is 10.1. The highest BCUT2D eigenvalue weighted by atomic mass is 35.5. The lowest BCUT2D eigenvalue weighted by Gasteiger charge is -2.18. The van der Waals surface area contributed by atoms with E-state index in [1.54, 1.807) is 41.9 Å². The van der Waals surface area contributed by atoms with Gasteiger partial charge in [0.2, 0.25) is 0 Å². The number of carbonyl (C=O) groups is 1. The number of halogens is 1. The first-order valence-electron chi connectivity index (χ1n) is 5.10. The Morgan fingerprint density at radius 3 is 2.88 bits per heavy atom. The molecule has 1 aromatic rings. The fraction of sp³-hybridized carbons (Fsp3) is 0.364. The zero-order chi connectivity index (χ0) is 12.8. The molecule has 0 radical (unpaired) electrons. The number of rotatable bonds is 5. The zero-order valence-electron chi connectivity index (χ0n) is 9.87. The van der Waals surface area contributed by atoms with Crippen molar-refractivity contribution in [3.63, 3.8) is 0 Å². The number of nitrogens with two attached hydrogens (primary N) is 1. The van der Waals surface area contributed by atoms with Crippen molar-refractivity contribution in [2.45, 2.75) is 0 Å². The third-order valence-corrected chi connectivity index (χ3v) is 3.17. The highest BCUT2D eigenvalue weighted by Gasteiger charge is 2.15. The fourth-order valence-corrected chi connectivity index (χ4v) is 1.98. The molecular weight excluding hydrogens is 258 g/mol. The third kappa shape index (κ3) is 3.80. The van der Waals surface area contributed by atoms with E-state index in [0.29, 0.717) is 22.8 Å². The van der Waals surface area contributed by atoms with E-state index in [-0.39, 0.29) is 5.91 Å². The molecule has 0 unspecified atom stereocenters. The highest BCUT2D eigenvalue weighted by Crippen LogP contribution is 2.21. The SMILES string of the molecule is CSCCN(C)C(=O)c1cc(Cl)ccc1NN. The lowest BCUT2D eigenvalue weighted by Crippen LogP contribution is -2.30. The van der Waals surface area contributed by atoms with E-state index in [1.165, 1.54) is 0 Å². The molecule has 0 saturated heterocycles. The van der Waals surface area contributed by atoms with Gasteiger partial charge in [-0.3, -0.25) is 10.6 Å². The second-order valence-electron chi connectivity index (χ2n) is 3.55. The van der Waals surface area contributed by atoms with Crippen LogP contribution in [-0.4, -0.2) is 36.4 Å². The molecule has 1 rings (SSSR count). The second kappa shape index (κ2) is 6.74. The number of thioether (sulfide) groups is 1. The minimum Gasteiger partial charge on any atom is -0.341 e. The Balaban J connectivity index is 2.90. The smallest absolute Gasteiger partial charge is 0.255 e. The molecule has 0 aromatic heterocycles. The molecular formula is C11H16ClN3OS. The summed E-state index contributed by atoms with van der Waals surface area (Å²) < 4.78 is 0. The van der Waals surface area contributed by atoms with E-state index >= 15 is 0 Å². The van der Waals surface area contributed by atoms with Crippen LogP contribution in [0.15, 0.2) is 18.2 Å². The van der Waals surface area contributed by atoms with Gasteiger partial charge >= 0.3 is 0 Å². The molecule has 4 nitrogen and oxygen atoms in total. The van der Waals surface area contributed by atoms with Crippen LogP contribution in [0.5, 0.6) is 0 Å². The quantitative estimate of drug-likeness (QED) is 0.637. The van der Waals surface area contributed by atoms with E-state index in [1.807, 2.05) is 6.26 Å². The first kappa shape index (κ1) is 14.2. The maximum absolute atomic E-state index is 12.1. The Morgan fingerprint density at radius 1 is 1.59 bits per heavy atom. The molecule has 94 valence electrons. The Bertz CT molecular complexity index is 400. The van der Waals surface area contributed by atoms with Gasteiger partial charge in [0, 0.05) is 24.4 Å². The Kier molecular flexibility index (Phi) is 5.61. The number of hydrazine groups is 1. The molecule has 0 bridgehead atoms. The molecule has 3 N–H and O–H groups in total. The predicted octanol–water partition coefficient (Wildman–Crippen LogP) is 2.06. The molecule has 0 aliphatic heterocycles. The maximum atomic E-state index is 12.1. The Morgan fingerprint density at radius 2 is 2.29 bits per heavy atom. The number of benzene rings is 1. The summed E-state index contributed by atoms with van der Waals surface area (Å²) >= 11 is 7.58. The van der Waals surface area contributed by atoms with Gasteiger partial charge in [0.15, 0.2) is 0 Å². The van der Waals surface area contributed by atoms with Gasteiger partial charge in [-0.15, -0.1) is 0 Å². The number of nitrogen functional groups attached to an aromatic ring is 1.